The maximum absolute atomic E-state index is 2.52. The molecule has 0 fully saturated rings. The van der Waals surface area contributed by atoms with Gasteiger partial charge in [-0.15, -0.1) is 0 Å². The minimum atomic E-state index is 1.15. The summed E-state index contributed by atoms with van der Waals surface area (Å²) in [5, 5.41) is 7.49. The summed E-state index contributed by atoms with van der Waals surface area (Å²) in [6.45, 7) is 0. The molecule has 2 aromatic heterocycles. The third kappa shape index (κ3) is 4.00. The van der Waals surface area contributed by atoms with Crippen LogP contribution in [0.25, 0.3) is 88.0 Å². The number of benzene rings is 8. The number of fused-ring (bicyclic) bond motifs is 8. The lowest BCUT2D eigenvalue weighted by molar-refractivity contribution is 1.18. The van der Waals surface area contributed by atoms with E-state index in [0.717, 1.165) is 5.69 Å². The molecule has 48 heavy (non-hydrogen) atoms. The van der Waals surface area contributed by atoms with Crippen LogP contribution in [0.5, 0.6) is 0 Å². The van der Waals surface area contributed by atoms with Crippen molar-refractivity contribution in [2.45, 2.75) is 0 Å². The summed E-state index contributed by atoms with van der Waals surface area (Å²) >= 11 is 0. The standard InChI is InChI=1S/C46H30N2/c1-3-13-31(14-4-1)32-23-25-36(26-24-32)47-42-22-12-10-20-39(42)45-43(47)28-27-38-37-19-9-11-21-41(37)48(46(38)45)44-30-35-18-8-7-17-34(35)29-40(44)33-15-5-2-6-16-33/h1-30H. The molecule has 2 heterocycles. The van der Waals surface area contributed by atoms with Crippen LogP contribution < -0.4 is 0 Å². The van der Waals surface area contributed by atoms with Gasteiger partial charge >= 0.3 is 0 Å². The van der Waals surface area contributed by atoms with Crippen molar-refractivity contribution < 1.29 is 0 Å². The second-order valence-electron chi connectivity index (χ2n) is 12.6. The minimum absolute atomic E-state index is 1.15. The van der Waals surface area contributed by atoms with E-state index in [0.29, 0.717) is 0 Å². The molecule has 0 aliphatic carbocycles. The van der Waals surface area contributed by atoms with Gasteiger partial charge in [0, 0.05) is 32.8 Å². The number of hydrogen-bond acceptors (Lipinski definition) is 0. The molecule has 0 amide bonds. The molecule has 10 aromatic rings. The van der Waals surface area contributed by atoms with Crippen molar-refractivity contribution in [2.75, 3.05) is 0 Å². The SMILES string of the molecule is c1ccc(-c2ccc(-n3c4ccccc4c4c3ccc3c5ccccc5n(-c5cc6ccccc6cc5-c5ccccc5)c34)cc2)cc1. The summed E-state index contributed by atoms with van der Waals surface area (Å²) in [5.41, 5.74) is 12.0. The predicted molar refractivity (Wildman–Crippen MR) is 203 cm³/mol. The topological polar surface area (TPSA) is 9.86 Å². The van der Waals surface area contributed by atoms with Gasteiger partial charge in [-0.25, -0.2) is 0 Å². The highest BCUT2D eigenvalue weighted by Crippen LogP contribution is 2.44. The predicted octanol–water partition coefficient (Wildman–Crippen LogP) is 12.4. The third-order valence-electron chi connectivity index (χ3n) is 9.89. The van der Waals surface area contributed by atoms with Gasteiger partial charge in [0.05, 0.1) is 27.8 Å². The molecule has 0 atom stereocenters. The van der Waals surface area contributed by atoms with Crippen LogP contribution in [0.1, 0.15) is 0 Å². The van der Waals surface area contributed by atoms with E-state index in [-0.39, 0.29) is 0 Å². The molecule has 0 N–H and O–H groups in total. The van der Waals surface area contributed by atoms with Crippen LogP contribution in [-0.2, 0) is 0 Å². The number of para-hydroxylation sites is 2. The second-order valence-corrected chi connectivity index (χ2v) is 12.6. The van der Waals surface area contributed by atoms with Gasteiger partial charge < -0.3 is 9.13 Å². The zero-order valence-corrected chi connectivity index (χ0v) is 26.2. The van der Waals surface area contributed by atoms with E-state index in [1.165, 1.54) is 82.3 Å². The van der Waals surface area contributed by atoms with Crippen molar-refractivity contribution in [2.24, 2.45) is 0 Å². The Labute approximate surface area is 278 Å². The molecule has 2 nitrogen and oxygen atoms in total. The first-order valence-electron chi connectivity index (χ1n) is 16.5. The molecule has 224 valence electrons. The molecule has 0 radical (unpaired) electrons. The summed E-state index contributed by atoms with van der Waals surface area (Å²) in [7, 11) is 0. The normalized spacial score (nSPS) is 11.8. The van der Waals surface area contributed by atoms with Gasteiger partial charge in [-0.05, 0) is 69.9 Å². The Bertz CT molecular complexity index is 2800. The van der Waals surface area contributed by atoms with E-state index in [1.54, 1.807) is 0 Å². The zero-order chi connectivity index (χ0) is 31.6. The molecule has 0 bridgehead atoms. The van der Waals surface area contributed by atoms with Crippen molar-refractivity contribution in [3.05, 3.63) is 182 Å². The first kappa shape index (κ1) is 26.8. The smallest absolute Gasteiger partial charge is 0.0641 e. The largest absolute Gasteiger partial charge is 0.309 e. The van der Waals surface area contributed by atoms with E-state index in [9.17, 15) is 0 Å². The van der Waals surface area contributed by atoms with Crippen LogP contribution in [-0.4, -0.2) is 9.13 Å². The van der Waals surface area contributed by atoms with E-state index in [2.05, 4.69) is 191 Å². The Hall–Kier alpha value is -6.38. The lowest BCUT2D eigenvalue weighted by atomic mass is 9.98. The Morgan fingerprint density at radius 2 is 0.896 bits per heavy atom. The number of hydrogen-bond donors (Lipinski definition) is 0. The fourth-order valence-corrected chi connectivity index (χ4v) is 7.73. The Morgan fingerprint density at radius 3 is 1.62 bits per heavy atom. The summed E-state index contributed by atoms with van der Waals surface area (Å²) < 4.78 is 4.95. The fourth-order valence-electron chi connectivity index (χ4n) is 7.73. The molecular formula is C46H30N2. The van der Waals surface area contributed by atoms with Crippen LogP contribution in [0, 0.1) is 0 Å². The number of rotatable bonds is 4. The maximum atomic E-state index is 2.52. The molecule has 0 aliphatic heterocycles. The zero-order valence-electron chi connectivity index (χ0n) is 26.2. The molecule has 0 unspecified atom stereocenters. The maximum Gasteiger partial charge on any atom is 0.0641 e. The van der Waals surface area contributed by atoms with Gasteiger partial charge in [-0.3, -0.25) is 0 Å². The molecule has 2 heteroatoms. The van der Waals surface area contributed by atoms with Crippen molar-refractivity contribution in [1.82, 2.24) is 9.13 Å². The number of aromatic nitrogens is 2. The summed E-state index contributed by atoms with van der Waals surface area (Å²) in [5.74, 6) is 0. The van der Waals surface area contributed by atoms with Gasteiger partial charge in [-0.2, -0.15) is 0 Å². The summed E-state index contributed by atoms with van der Waals surface area (Å²) in [6.07, 6.45) is 0. The first-order chi connectivity index (χ1) is 23.8. The Kier molecular flexibility index (Phi) is 5.91. The fraction of sp³-hybridized carbons (Fsp3) is 0. The highest BCUT2D eigenvalue weighted by molar-refractivity contribution is 6.26. The van der Waals surface area contributed by atoms with E-state index >= 15 is 0 Å². The molecule has 0 spiro atoms. The van der Waals surface area contributed by atoms with E-state index in [1.807, 2.05) is 0 Å². The monoisotopic (exact) mass is 610 g/mol. The van der Waals surface area contributed by atoms with Gasteiger partial charge in [0.2, 0.25) is 0 Å². The molecule has 0 saturated carbocycles. The molecule has 0 saturated heterocycles. The van der Waals surface area contributed by atoms with Crippen LogP contribution in [0.4, 0.5) is 0 Å². The lowest BCUT2D eigenvalue weighted by Crippen LogP contribution is -1.98. The molecular weight excluding hydrogens is 581 g/mol. The van der Waals surface area contributed by atoms with Crippen molar-refractivity contribution in [3.63, 3.8) is 0 Å². The Balaban J connectivity index is 1.33. The first-order valence-corrected chi connectivity index (χ1v) is 16.5. The van der Waals surface area contributed by atoms with Crippen molar-refractivity contribution >= 4 is 54.4 Å². The second kappa shape index (κ2) is 10.6. The molecule has 8 aromatic carbocycles. The quantitative estimate of drug-likeness (QED) is 0.188. The van der Waals surface area contributed by atoms with Crippen molar-refractivity contribution in [3.8, 4) is 33.6 Å². The highest BCUT2D eigenvalue weighted by atomic mass is 15.0. The summed E-state index contributed by atoms with van der Waals surface area (Å²) in [6, 6.07) is 66.2. The van der Waals surface area contributed by atoms with Crippen LogP contribution in [0.2, 0.25) is 0 Å². The molecule has 10 rings (SSSR count). The van der Waals surface area contributed by atoms with Gasteiger partial charge in [0.25, 0.3) is 0 Å². The Morgan fingerprint density at radius 1 is 0.333 bits per heavy atom. The van der Waals surface area contributed by atoms with Crippen LogP contribution >= 0.6 is 0 Å². The van der Waals surface area contributed by atoms with E-state index in [4.69, 9.17) is 0 Å². The summed E-state index contributed by atoms with van der Waals surface area (Å²) in [4.78, 5) is 0. The van der Waals surface area contributed by atoms with Gasteiger partial charge in [0.15, 0.2) is 0 Å². The van der Waals surface area contributed by atoms with Crippen molar-refractivity contribution in [1.29, 1.82) is 0 Å². The van der Waals surface area contributed by atoms with Gasteiger partial charge in [0.1, 0.15) is 0 Å². The average molecular weight is 611 g/mol. The van der Waals surface area contributed by atoms with Crippen LogP contribution in [0.15, 0.2) is 182 Å². The minimum Gasteiger partial charge on any atom is -0.309 e. The third-order valence-corrected chi connectivity index (χ3v) is 9.89. The van der Waals surface area contributed by atoms with Gasteiger partial charge in [-0.1, -0.05) is 140 Å². The number of nitrogens with zero attached hydrogens (tertiary/aromatic N) is 2. The average Bonchev–Trinajstić information content (AvgIpc) is 3.68. The lowest BCUT2D eigenvalue weighted by Gasteiger charge is -2.16. The highest BCUT2D eigenvalue weighted by Gasteiger charge is 2.22. The molecule has 0 aliphatic rings. The van der Waals surface area contributed by atoms with E-state index < -0.39 is 0 Å². The van der Waals surface area contributed by atoms with Crippen LogP contribution in [0.3, 0.4) is 0 Å².